The number of anilines is 1. The number of rotatable bonds is 6. The van der Waals surface area contributed by atoms with Crippen molar-refractivity contribution in [3.8, 4) is 5.75 Å². The molecule has 0 fully saturated rings. The molecular weight excluding hydrogens is 354 g/mol. The Hall–Kier alpha value is -1.81. The van der Waals surface area contributed by atoms with Crippen LogP contribution in [0.4, 0.5) is 5.69 Å². The zero-order chi connectivity index (χ0) is 16.8. The van der Waals surface area contributed by atoms with Gasteiger partial charge in [-0.2, -0.15) is 0 Å². The van der Waals surface area contributed by atoms with Gasteiger partial charge in [0.2, 0.25) is 5.91 Å². The summed E-state index contributed by atoms with van der Waals surface area (Å²) in [5, 5.41) is 2.96. The Morgan fingerprint density at radius 3 is 2.52 bits per heavy atom. The summed E-state index contributed by atoms with van der Waals surface area (Å²) in [5.74, 6) is 0.829. The Balaban J connectivity index is 1.77. The van der Waals surface area contributed by atoms with Gasteiger partial charge in [0, 0.05) is 12.1 Å². The second-order valence-corrected chi connectivity index (χ2v) is 6.61. The van der Waals surface area contributed by atoms with Crippen LogP contribution in [0.2, 0.25) is 0 Å². The fraction of sp³-hybridized carbons (Fsp3) is 0.316. The Morgan fingerprint density at radius 2 is 1.78 bits per heavy atom. The van der Waals surface area contributed by atoms with Crippen LogP contribution < -0.4 is 10.1 Å². The summed E-state index contributed by atoms with van der Waals surface area (Å²) in [6.45, 7) is 6.56. The third-order valence-corrected chi connectivity index (χ3v) is 4.18. The van der Waals surface area contributed by atoms with E-state index in [0.717, 1.165) is 27.0 Å². The van der Waals surface area contributed by atoms with Crippen molar-refractivity contribution in [1.29, 1.82) is 0 Å². The highest BCUT2D eigenvalue weighted by Crippen LogP contribution is 2.25. The van der Waals surface area contributed by atoms with Crippen LogP contribution in [-0.4, -0.2) is 12.5 Å². The van der Waals surface area contributed by atoms with Crippen molar-refractivity contribution >= 4 is 27.5 Å². The molecule has 0 heterocycles. The zero-order valence-electron chi connectivity index (χ0n) is 13.8. The molecule has 0 spiro atoms. The highest BCUT2D eigenvalue weighted by Gasteiger charge is 2.06. The van der Waals surface area contributed by atoms with E-state index in [-0.39, 0.29) is 5.91 Å². The predicted molar refractivity (Wildman–Crippen MR) is 98.2 cm³/mol. The Morgan fingerprint density at radius 1 is 1.09 bits per heavy atom. The number of nitrogens with one attached hydrogen (secondary N) is 1. The number of ether oxygens (including phenoxy) is 1. The first kappa shape index (κ1) is 17.5. The molecule has 3 nitrogen and oxygen atoms in total. The van der Waals surface area contributed by atoms with Crippen molar-refractivity contribution in [3.05, 3.63) is 57.6 Å². The molecule has 1 N–H and O–H groups in total. The number of hydrogen-bond donors (Lipinski definition) is 1. The molecule has 2 rings (SSSR count). The maximum Gasteiger partial charge on any atom is 0.224 e. The molecule has 0 aromatic heterocycles. The fourth-order valence-corrected chi connectivity index (χ4v) is 2.83. The second-order valence-electron chi connectivity index (χ2n) is 5.75. The van der Waals surface area contributed by atoms with Gasteiger partial charge in [0.25, 0.3) is 0 Å². The van der Waals surface area contributed by atoms with E-state index in [2.05, 4.69) is 21.2 Å². The molecule has 0 radical (unpaired) electrons. The summed E-state index contributed by atoms with van der Waals surface area (Å²) in [6, 6.07) is 12.0. The highest BCUT2D eigenvalue weighted by molar-refractivity contribution is 9.10. The minimum atomic E-state index is 0.0188. The molecule has 0 saturated heterocycles. The average Bonchev–Trinajstić information content (AvgIpc) is 2.49. The van der Waals surface area contributed by atoms with E-state index in [0.29, 0.717) is 19.4 Å². The fourth-order valence-electron chi connectivity index (χ4n) is 2.22. The van der Waals surface area contributed by atoms with E-state index in [1.807, 2.05) is 57.2 Å². The lowest BCUT2D eigenvalue weighted by molar-refractivity contribution is -0.116. The summed E-state index contributed by atoms with van der Waals surface area (Å²) < 4.78 is 6.65. The van der Waals surface area contributed by atoms with Crippen molar-refractivity contribution < 1.29 is 9.53 Å². The van der Waals surface area contributed by atoms with Crippen molar-refractivity contribution in [2.75, 3.05) is 11.9 Å². The molecule has 0 saturated carbocycles. The first-order valence-electron chi connectivity index (χ1n) is 7.72. The summed E-state index contributed by atoms with van der Waals surface area (Å²) in [4.78, 5) is 12.0. The number of hydrogen-bond acceptors (Lipinski definition) is 2. The van der Waals surface area contributed by atoms with Crippen LogP contribution >= 0.6 is 15.9 Å². The van der Waals surface area contributed by atoms with Crippen LogP contribution in [0.25, 0.3) is 0 Å². The van der Waals surface area contributed by atoms with E-state index in [9.17, 15) is 4.79 Å². The van der Waals surface area contributed by atoms with Gasteiger partial charge in [0.15, 0.2) is 0 Å². The van der Waals surface area contributed by atoms with Gasteiger partial charge >= 0.3 is 0 Å². The van der Waals surface area contributed by atoms with Gasteiger partial charge in [-0.05, 0) is 78.0 Å². The zero-order valence-corrected chi connectivity index (χ0v) is 15.4. The molecule has 23 heavy (non-hydrogen) atoms. The normalized spacial score (nSPS) is 10.4. The highest BCUT2D eigenvalue weighted by atomic mass is 79.9. The van der Waals surface area contributed by atoms with E-state index in [1.165, 1.54) is 5.56 Å². The van der Waals surface area contributed by atoms with Crippen molar-refractivity contribution in [2.45, 2.75) is 33.6 Å². The summed E-state index contributed by atoms with van der Waals surface area (Å²) in [7, 11) is 0. The third-order valence-electron chi connectivity index (χ3n) is 3.56. The van der Waals surface area contributed by atoms with Crippen LogP contribution in [-0.2, 0) is 4.79 Å². The second kappa shape index (κ2) is 8.16. The first-order valence-corrected chi connectivity index (χ1v) is 8.51. The quantitative estimate of drug-likeness (QED) is 0.707. The van der Waals surface area contributed by atoms with Crippen LogP contribution in [0.1, 0.15) is 29.5 Å². The van der Waals surface area contributed by atoms with Crippen LogP contribution in [0.5, 0.6) is 5.75 Å². The number of benzene rings is 2. The average molecular weight is 376 g/mol. The smallest absolute Gasteiger partial charge is 0.224 e. The maximum atomic E-state index is 12.0. The molecule has 2 aromatic rings. The molecule has 1 amide bonds. The number of aryl methyl sites for hydroxylation is 3. The van der Waals surface area contributed by atoms with Crippen LogP contribution in [0.3, 0.4) is 0 Å². The van der Waals surface area contributed by atoms with Gasteiger partial charge in [-0.25, -0.2) is 0 Å². The van der Waals surface area contributed by atoms with Gasteiger partial charge in [0.05, 0.1) is 11.1 Å². The maximum absolute atomic E-state index is 12.0. The van der Waals surface area contributed by atoms with Gasteiger partial charge < -0.3 is 10.1 Å². The van der Waals surface area contributed by atoms with E-state index in [4.69, 9.17) is 4.74 Å². The summed E-state index contributed by atoms with van der Waals surface area (Å²) in [5.41, 5.74) is 4.27. The van der Waals surface area contributed by atoms with Crippen molar-refractivity contribution in [3.63, 3.8) is 0 Å². The molecule has 122 valence electrons. The minimum Gasteiger partial charge on any atom is -0.492 e. The van der Waals surface area contributed by atoms with Crippen LogP contribution in [0.15, 0.2) is 40.9 Å². The molecule has 0 aliphatic carbocycles. The molecule has 2 aromatic carbocycles. The SMILES string of the molecule is Cc1ccc(OCCCC(=O)Nc2cc(C)ccc2C)c(Br)c1. The Labute approximate surface area is 146 Å². The molecule has 4 heteroatoms. The Kier molecular flexibility index (Phi) is 6.22. The number of carbonyl (C=O) groups excluding carboxylic acids is 1. The standard InChI is InChI=1S/C19H22BrNO2/c1-13-7-9-18(16(20)11-13)23-10-4-5-19(22)21-17-12-14(2)6-8-15(17)3/h6-9,11-12H,4-5,10H2,1-3H3,(H,21,22). The number of amides is 1. The molecule has 0 bridgehead atoms. The van der Waals surface area contributed by atoms with E-state index >= 15 is 0 Å². The van der Waals surface area contributed by atoms with Crippen molar-refractivity contribution in [1.82, 2.24) is 0 Å². The van der Waals surface area contributed by atoms with Gasteiger partial charge in [-0.1, -0.05) is 18.2 Å². The monoisotopic (exact) mass is 375 g/mol. The Bertz CT molecular complexity index is 698. The molecule has 0 unspecified atom stereocenters. The molecule has 0 aliphatic heterocycles. The van der Waals surface area contributed by atoms with E-state index < -0.39 is 0 Å². The lowest BCUT2D eigenvalue weighted by Gasteiger charge is -2.10. The predicted octanol–water partition coefficient (Wildman–Crippen LogP) is 5.17. The van der Waals surface area contributed by atoms with Crippen LogP contribution in [0, 0.1) is 20.8 Å². The summed E-state index contributed by atoms with van der Waals surface area (Å²) >= 11 is 3.48. The molecule has 0 aliphatic rings. The van der Waals surface area contributed by atoms with Gasteiger partial charge in [0.1, 0.15) is 5.75 Å². The lowest BCUT2D eigenvalue weighted by atomic mass is 10.1. The molecule has 0 atom stereocenters. The van der Waals surface area contributed by atoms with Gasteiger partial charge in [-0.15, -0.1) is 0 Å². The first-order chi connectivity index (χ1) is 11.0. The van der Waals surface area contributed by atoms with Gasteiger partial charge in [-0.3, -0.25) is 4.79 Å². The summed E-state index contributed by atoms with van der Waals surface area (Å²) in [6.07, 6.45) is 1.12. The topological polar surface area (TPSA) is 38.3 Å². The number of carbonyl (C=O) groups is 1. The largest absolute Gasteiger partial charge is 0.492 e. The minimum absolute atomic E-state index is 0.0188. The molecular formula is C19H22BrNO2. The van der Waals surface area contributed by atoms with Crippen molar-refractivity contribution in [2.24, 2.45) is 0 Å². The lowest BCUT2D eigenvalue weighted by Crippen LogP contribution is -2.13. The van der Waals surface area contributed by atoms with E-state index in [1.54, 1.807) is 0 Å². The third kappa shape index (κ3) is 5.39. The number of halogens is 1.